The molecule has 0 saturated heterocycles. The van der Waals surface area contributed by atoms with Gasteiger partial charge in [0.25, 0.3) is 10.0 Å². The van der Waals surface area contributed by atoms with E-state index in [1.807, 2.05) is 0 Å². The lowest BCUT2D eigenvalue weighted by Gasteiger charge is -2.19. The summed E-state index contributed by atoms with van der Waals surface area (Å²) in [5.74, 6) is 0.610. The lowest BCUT2D eigenvalue weighted by atomic mass is 10.3. The van der Waals surface area contributed by atoms with Crippen LogP contribution in [-0.2, 0) is 14.8 Å². The minimum atomic E-state index is -3.84. The number of nitrogens with one attached hydrogen (secondary N) is 2. The summed E-state index contributed by atoms with van der Waals surface area (Å²) in [5, 5.41) is 2.59. The number of hydrogen-bond donors (Lipinski definition) is 2. The number of carbonyl (C=O) groups excluding carboxylic acids is 1. The highest BCUT2D eigenvalue weighted by Gasteiger charge is 2.20. The van der Waals surface area contributed by atoms with E-state index in [4.69, 9.17) is 9.47 Å². The van der Waals surface area contributed by atoms with E-state index in [1.54, 1.807) is 30.3 Å². The molecule has 2 N–H and O–H groups in total. The van der Waals surface area contributed by atoms with Gasteiger partial charge in [-0.1, -0.05) is 12.1 Å². The summed E-state index contributed by atoms with van der Waals surface area (Å²) in [6, 6.07) is 11.0. The van der Waals surface area contributed by atoms with Gasteiger partial charge in [0, 0.05) is 13.0 Å². The SMILES string of the molecule is CC(=O)Nc1ccccc1NS(=O)(=O)c1ccc2c(c1)OCCO2. The minimum absolute atomic E-state index is 0.0457. The first-order chi connectivity index (χ1) is 11.5. The van der Waals surface area contributed by atoms with Crippen molar-refractivity contribution in [1.29, 1.82) is 0 Å². The maximum atomic E-state index is 12.6. The number of benzene rings is 2. The van der Waals surface area contributed by atoms with Crippen molar-refractivity contribution in [2.75, 3.05) is 23.3 Å². The third kappa shape index (κ3) is 3.43. The van der Waals surface area contributed by atoms with Crippen LogP contribution < -0.4 is 19.5 Å². The number of rotatable bonds is 4. The fraction of sp³-hybridized carbons (Fsp3) is 0.188. The maximum Gasteiger partial charge on any atom is 0.262 e. The van der Waals surface area contributed by atoms with Gasteiger partial charge < -0.3 is 14.8 Å². The molecule has 0 radical (unpaired) electrons. The molecule has 24 heavy (non-hydrogen) atoms. The van der Waals surface area contributed by atoms with E-state index in [9.17, 15) is 13.2 Å². The zero-order valence-electron chi connectivity index (χ0n) is 12.9. The summed E-state index contributed by atoms with van der Waals surface area (Å²) in [4.78, 5) is 11.3. The molecule has 2 aromatic rings. The number of para-hydroxylation sites is 2. The molecule has 1 aliphatic rings. The quantitative estimate of drug-likeness (QED) is 0.884. The summed E-state index contributed by atoms with van der Waals surface area (Å²) in [5.41, 5.74) is 0.661. The van der Waals surface area contributed by atoms with Crippen LogP contribution in [-0.4, -0.2) is 27.5 Å². The average Bonchev–Trinajstić information content (AvgIpc) is 2.55. The average molecular weight is 348 g/mol. The first-order valence-electron chi connectivity index (χ1n) is 7.25. The summed E-state index contributed by atoms with van der Waals surface area (Å²) in [6.07, 6.45) is 0. The molecule has 7 nitrogen and oxygen atoms in total. The van der Waals surface area contributed by atoms with Gasteiger partial charge in [0.05, 0.1) is 16.3 Å². The smallest absolute Gasteiger partial charge is 0.262 e. The Labute approximate surface area is 139 Å². The predicted octanol–water partition coefficient (Wildman–Crippen LogP) is 2.22. The van der Waals surface area contributed by atoms with Crippen molar-refractivity contribution in [2.45, 2.75) is 11.8 Å². The first kappa shape index (κ1) is 16.1. The third-order valence-corrected chi connectivity index (χ3v) is 4.67. The van der Waals surface area contributed by atoms with Crippen LogP contribution in [0.25, 0.3) is 0 Å². The van der Waals surface area contributed by atoms with Crippen LogP contribution in [0.1, 0.15) is 6.92 Å². The van der Waals surface area contributed by atoms with Gasteiger partial charge in [0.2, 0.25) is 5.91 Å². The largest absolute Gasteiger partial charge is 0.486 e. The highest BCUT2D eigenvalue weighted by atomic mass is 32.2. The lowest BCUT2D eigenvalue weighted by Crippen LogP contribution is -2.18. The molecule has 0 aliphatic carbocycles. The molecule has 1 aliphatic heterocycles. The van der Waals surface area contributed by atoms with Gasteiger partial charge in [-0.2, -0.15) is 0 Å². The van der Waals surface area contributed by atoms with Crippen LogP contribution in [0.5, 0.6) is 11.5 Å². The molecule has 0 spiro atoms. The Morgan fingerprint density at radius 3 is 2.38 bits per heavy atom. The summed E-state index contributed by atoms with van der Waals surface area (Å²) < 4.78 is 38.5. The number of fused-ring (bicyclic) bond motifs is 1. The minimum Gasteiger partial charge on any atom is -0.486 e. The van der Waals surface area contributed by atoms with Gasteiger partial charge >= 0.3 is 0 Å². The van der Waals surface area contributed by atoms with Crippen LogP contribution >= 0.6 is 0 Å². The molecule has 0 unspecified atom stereocenters. The molecule has 3 rings (SSSR count). The van der Waals surface area contributed by atoms with Crippen molar-refractivity contribution in [2.24, 2.45) is 0 Å². The third-order valence-electron chi connectivity index (χ3n) is 3.31. The van der Waals surface area contributed by atoms with E-state index in [0.29, 0.717) is 30.4 Å². The zero-order valence-corrected chi connectivity index (χ0v) is 13.7. The Morgan fingerprint density at radius 2 is 1.67 bits per heavy atom. The first-order valence-corrected chi connectivity index (χ1v) is 8.73. The highest BCUT2D eigenvalue weighted by molar-refractivity contribution is 7.92. The van der Waals surface area contributed by atoms with E-state index < -0.39 is 10.0 Å². The van der Waals surface area contributed by atoms with Gasteiger partial charge in [-0.15, -0.1) is 0 Å². The number of amides is 1. The van der Waals surface area contributed by atoms with Gasteiger partial charge in [-0.25, -0.2) is 8.42 Å². The van der Waals surface area contributed by atoms with Gasteiger partial charge in [0.1, 0.15) is 13.2 Å². The second-order valence-electron chi connectivity index (χ2n) is 5.14. The van der Waals surface area contributed by atoms with Crippen LogP contribution in [0.15, 0.2) is 47.4 Å². The molecular formula is C16H16N2O5S. The van der Waals surface area contributed by atoms with E-state index >= 15 is 0 Å². The van der Waals surface area contributed by atoms with Crippen LogP contribution in [0.2, 0.25) is 0 Å². The lowest BCUT2D eigenvalue weighted by molar-refractivity contribution is -0.114. The Bertz CT molecular complexity index is 880. The van der Waals surface area contributed by atoms with Crippen molar-refractivity contribution >= 4 is 27.3 Å². The zero-order chi connectivity index (χ0) is 17.2. The molecule has 0 bridgehead atoms. The number of anilines is 2. The van der Waals surface area contributed by atoms with Crippen molar-refractivity contribution in [3.05, 3.63) is 42.5 Å². The molecule has 1 amide bonds. The molecule has 0 saturated carbocycles. The number of carbonyl (C=O) groups is 1. The summed E-state index contributed by atoms with van der Waals surface area (Å²) in [7, 11) is -3.84. The second kappa shape index (κ2) is 6.40. The molecular weight excluding hydrogens is 332 g/mol. The Kier molecular flexibility index (Phi) is 4.30. The van der Waals surface area contributed by atoms with Crippen molar-refractivity contribution < 1.29 is 22.7 Å². The summed E-state index contributed by atoms with van der Waals surface area (Å²) in [6.45, 7) is 2.16. The van der Waals surface area contributed by atoms with Crippen LogP contribution in [0.3, 0.4) is 0 Å². The molecule has 0 atom stereocenters. The molecule has 2 aromatic carbocycles. The van der Waals surface area contributed by atoms with Crippen LogP contribution in [0.4, 0.5) is 11.4 Å². The topological polar surface area (TPSA) is 93.7 Å². The predicted molar refractivity (Wildman–Crippen MR) is 89.0 cm³/mol. The molecule has 1 heterocycles. The molecule has 0 aromatic heterocycles. The van der Waals surface area contributed by atoms with E-state index in [2.05, 4.69) is 10.0 Å². The fourth-order valence-corrected chi connectivity index (χ4v) is 3.36. The van der Waals surface area contributed by atoms with E-state index in [0.717, 1.165) is 0 Å². The van der Waals surface area contributed by atoms with Crippen molar-refractivity contribution in [3.63, 3.8) is 0 Å². The Morgan fingerprint density at radius 1 is 1.00 bits per heavy atom. The van der Waals surface area contributed by atoms with Gasteiger partial charge in [-0.3, -0.25) is 9.52 Å². The highest BCUT2D eigenvalue weighted by Crippen LogP contribution is 2.33. The van der Waals surface area contributed by atoms with Gasteiger partial charge in [-0.05, 0) is 24.3 Å². The molecule has 126 valence electrons. The molecule has 0 fully saturated rings. The maximum absolute atomic E-state index is 12.6. The number of sulfonamides is 1. The number of hydrogen-bond acceptors (Lipinski definition) is 5. The summed E-state index contributed by atoms with van der Waals surface area (Å²) >= 11 is 0. The van der Waals surface area contributed by atoms with Crippen molar-refractivity contribution in [1.82, 2.24) is 0 Å². The van der Waals surface area contributed by atoms with Crippen LogP contribution in [0, 0.1) is 0 Å². The Balaban J connectivity index is 1.91. The standard InChI is InChI=1S/C16H16N2O5S/c1-11(19)17-13-4-2-3-5-14(13)18-24(20,21)12-6-7-15-16(10-12)23-9-8-22-15/h2-7,10,18H,8-9H2,1H3,(H,17,19). The van der Waals surface area contributed by atoms with E-state index in [-0.39, 0.29) is 16.5 Å². The van der Waals surface area contributed by atoms with Gasteiger partial charge in [0.15, 0.2) is 11.5 Å². The van der Waals surface area contributed by atoms with Crippen molar-refractivity contribution in [3.8, 4) is 11.5 Å². The molecule has 8 heteroatoms. The fourth-order valence-electron chi connectivity index (χ4n) is 2.27. The Hall–Kier alpha value is -2.74. The normalized spacial score (nSPS) is 13.2. The monoisotopic (exact) mass is 348 g/mol. The van der Waals surface area contributed by atoms with E-state index in [1.165, 1.54) is 19.1 Å². The number of ether oxygens (including phenoxy) is 2. The second-order valence-corrected chi connectivity index (χ2v) is 6.82.